The lowest BCUT2D eigenvalue weighted by molar-refractivity contribution is 0.338. The Kier molecular flexibility index (Phi) is 2.85. The highest BCUT2D eigenvalue weighted by Gasteiger charge is 2.34. The number of hydrogen-bond donors (Lipinski definition) is 0. The number of alkyl halides is 1. The molecule has 1 saturated carbocycles. The standard InChI is InChI=1S/C9H15BrN4/c1-14-12-8(11-13-14)6-9(7-10)4-2-3-5-9/h2-7H2,1H3. The smallest absolute Gasteiger partial charge is 0.167 e. The molecule has 1 aromatic rings. The van der Waals surface area contributed by atoms with Crippen LogP contribution in [0, 0.1) is 5.41 Å². The van der Waals surface area contributed by atoms with Gasteiger partial charge in [-0.2, -0.15) is 4.80 Å². The molecule has 0 saturated heterocycles. The molecule has 14 heavy (non-hydrogen) atoms. The predicted molar refractivity (Wildman–Crippen MR) is 57.2 cm³/mol. The second-order valence-corrected chi connectivity index (χ2v) is 4.77. The van der Waals surface area contributed by atoms with Crippen LogP contribution in [-0.4, -0.2) is 25.5 Å². The Bertz CT molecular complexity index is 304. The molecule has 0 aromatic carbocycles. The van der Waals surface area contributed by atoms with Crippen molar-refractivity contribution in [3.8, 4) is 0 Å². The Labute approximate surface area is 92.2 Å². The van der Waals surface area contributed by atoms with Crippen molar-refractivity contribution in [2.75, 3.05) is 5.33 Å². The van der Waals surface area contributed by atoms with E-state index < -0.39 is 0 Å². The van der Waals surface area contributed by atoms with Gasteiger partial charge < -0.3 is 0 Å². The zero-order valence-electron chi connectivity index (χ0n) is 8.41. The third-order valence-electron chi connectivity index (χ3n) is 3.03. The molecule has 5 heteroatoms. The van der Waals surface area contributed by atoms with Crippen LogP contribution in [0.3, 0.4) is 0 Å². The molecule has 0 aliphatic heterocycles. The topological polar surface area (TPSA) is 43.6 Å². The first-order valence-corrected chi connectivity index (χ1v) is 6.15. The van der Waals surface area contributed by atoms with Crippen LogP contribution in [0.25, 0.3) is 0 Å². The summed E-state index contributed by atoms with van der Waals surface area (Å²) in [5, 5.41) is 13.2. The summed E-state index contributed by atoms with van der Waals surface area (Å²) in [6.45, 7) is 0. The summed E-state index contributed by atoms with van der Waals surface area (Å²) in [6.07, 6.45) is 6.22. The largest absolute Gasteiger partial charge is 0.175 e. The molecule has 1 aliphatic rings. The van der Waals surface area contributed by atoms with Gasteiger partial charge in [-0.05, 0) is 23.5 Å². The Morgan fingerprint density at radius 3 is 2.64 bits per heavy atom. The molecule has 1 heterocycles. The molecule has 2 rings (SSSR count). The van der Waals surface area contributed by atoms with Gasteiger partial charge in [0.1, 0.15) is 0 Å². The van der Waals surface area contributed by atoms with Crippen LogP contribution in [0.15, 0.2) is 0 Å². The van der Waals surface area contributed by atoms with E-state index in [4.69, 9.17) is 0 Å². The lowest BCUT2D eigenvalue weighted by Crippen LogP contribution is -2.22. The first kappa shape index (κ1) is 10.1. The average Bonchev–Trinajstić information content (AvgIpc) is 2.77. The molecule has 4 nitrogen and oxygen atoms in total. The van der Waals surface area contributed by atoms with Crippen LogP contribution in [0.5, 0.6) is 0 Å². The van der Waals surface area contributed by atoms with Gasteiger partial charge in [-0.25, -0.2) is 0 Å². The third kappa shape index (κ3) is 1.97. The number of hydrogen-bond acceptors (Lipinski definition) is 3. The minimum absolute atomic E-state index is 0.392. The van der Waals surface area contributed by atoms with Crippen molar-refractivity contribution in [1.82, 2.24) is 20.2 Å². The lowest BCUT2D eigenvalue weighted by Gasteiger charge is -2.24. The van der Waals surface area contributed by atoms with Crippen molar-refractivity contribution < 1.29 is 0 Å². The number of aromatic nitrogens is 4. The fourth-order valence-corrected chi connectivity index (χ4v) is 2.97. The summed E-state index contributed by atoms with van der Waals surface area (Å²) in [5.74, 6) is 0.883. The maximum Gasteiger partial charge on any atom is 0.175 e. The molecule has 0 atom stereocenters. The summed E-state index contributed by atoms with van der Waals surface area (Å²) in [5.41, 5.74) is 0.392. The highest BCUT2D eigenvalue weighted by Crippen LogP contribution is 2.41. The van der Waals surface area contributed by atoms with E-state index in [0.29, 0.717) is 5.41 Å². The molecule has 0 spiro atoms. The highest BCUT2D eigenvalue weighted by molar-refractivity contribution is 9.09. The van der Waals surface area contributed by atoms with Gasteiger partial charge in [0.25, 0.3) is 0 Å². The van der Waals surface area contributed by atoms with Gasteiger partial charge in [0.2, 0.25) is 0 Å². The van der Waals surface area contributed by atoms with E-state index in [-0.39, 0.29) is 0 Å². The van der Waals surface area contributed by atoms with Gasteiger partial charge in [-0.15, -0.1) is 10.2 Å². The van der Waals surface area contributed by atoms with Gasteiger partial charge in [-0.3, -0.25) is 0 Å². The van der Waals surface area contributed by atoms with E-state index in [1.807, 2.05) is 7.05 Å². The summed E-state index contributed by atoms with van der Waals surface area (Å²) in [7, 11) is 1.81. The first-order valence-electron chi connectivity index (χ1n) is 5.03. The summed E-state index contributed by atoms with van der Waals surface area (Å²) in [4.78, 5) is 1.53. The van der Waals surface area contributed by atoms with Gasteiger partial charge >= 0.3 is 0 Å². The molecular formula is C9H15BrN4. The van der Waals surface area contributed by atoms with Crippen LogP contribution in [-0.2, 0) is 13.5 Å². The van der Waals surface area contributed by atoms with E-state index in [1.54, 1.807) is 0 Å². The molecule has 0 radical (unpaired) electrons. The normalized spacial score (nSPS) is 20.1. The van der Waals surface area contributed by atoms with E-state index in [1.165, 1.54) is 30.5 Å². The second kappa shape index (κ2) is 3.96. The van der Waals surface area contributed by atoms with E-state index in [2.05, 4.69) is 31.3 Å². The fraction of sp³-hybridized carbons (Fsp3) is 0.889. The number of tetrazole rings is 1. The molecule has 0 amide bonds. The van der Waals surface area contributed by atoms with Gasteiger partial charge in [0.15, 0.2) is 5.82 Å². The number of aryl methyl sites for hydroxylation is 1. The maximum atomic E-state index is 4.24. The van der Waals surface area contributed by atoms with Crippen molar-refractivity contribution >= 4 is 15.9 Å². The van der Waals surface area contributed by atoms with Crippen LogP contribution in [0.2, 0.25) is 0 Å². The minimum atomic E-state index is 0.392. The van der Waals surface area contributed by atoms with Crippen LogP contribution in [0.1, 0.15) is 31.5 Å². The first-order chi connectivity index (χ1) is 6.74. The summed E-state index contributed by atoms with van der Waals surface area (Å²) < 4.78 is 0. The lowest BCUT2D eigenvalue weighted by atomic mass is 9.85. The van der Waals surface area contributed by atoms with Crippen LogP contribution < -0.4 is 0 Å². The zero-order valence-corrected chi connectivity index (χ0v) is 10.00. The molecule has 0 unspecified atom stereocenters. The molecule has 78 valence electrons. The quantitative estimate of drug-likeness (QED) is 0.776. The fourth-order valence-electron chi connectivity index (χ4n) is 2.21. The summed E-state index contributed by atoms with van der Waals surface area (Å²) >= 11 is 3.61. The molecule has 1 fully saturated rings. The van der Waals surface area contributed by atoms with Gasteiger partial charge in [0, 0.05) is 11.8 Å². The average molecular weight is 259 g/mol. The Morgan fingerprint density at radius 1 is 1.43 bits per heavy atom. The van der Waals surface area contributed by atoms with Crippen molar-refractivity contribution in [1.29, 1.82) is 0 Å². The van der Waals surface area contributed by atoms with Crippen molar-refractivity contribution in [2.45, 2.75) is 32.1 Å². The minimum Gasteiger partial charge on any atom is -0.167 e. The molecular weight excluding hydrogens is 244 g/mol. The second-order valence-electron chi connectivity index (χ2n) is 4.21. The number of rotatable bonds is 3. The molecule has 0 bridgehead atoms. The van der Waals surface area contributed by atoms with E-state index in [0.717, 1.165) is 17.6 Å². The zero-order chi connectivity index (χ0) is 10.0. The van der Waals surface area contributed by atoms with Gasteiger partial charge in [-0.1, -0.05) is 28.8 Å². The summed E-state index contributed by atoms with van der Waals surface area (Å²) in [6, 6.07) is 0. The van der Waals surface area contributed by atoms with Crippen molar-refractivity contribution in [2.24, 2.45) is 12.5 Å². The van der Waals surface area contributed by atoms with E-state index >= 15 is 0 Å². The SMILES string of the molecule is Cn1nnc(CC2(CBr)CCCC2)n1. The number of halogens is 1. The van der Waals surface area contributed by atoms with Crippen molar-refractivity contribution in [3.63, 3.8) is 0 Å². The molecule has 1 aromatic heterocycles. The van der Waals surface area contributed by atoms with Crippen LogP contribution >= 0.6 is 15.9 Å². The van der Waals surface area contributed by atoms with E-state index in [9.17, 15) is 0 Å². The Balaban J connectivity index is 2.08. The predicted octanol–water partition coefficient (Wildman–Crippen LogP) is 1.71. The third-order valence-corrected chi connectivity index (χ3v) is 4.22. The van der Waals surface area contributed by atoms with Gasteiger partial charge in [0.05, 0.1) is 7.05 Å². The Morgan fingerprint density at radius 2 is 2.14 bits per heavy atom. The maximum absolute atomic E-state index is 4.24. The highest BCUT2D eigenvalue weighted by atomic mass is 79.9. The Hall–Kier alpha value is -0.450. The molecule has 1 aliphatic carbocycles. The monoisotopic (exact) mass is 258 g/mol. The van der Waals surface area contributed by atoms with Crippen molar-refractivity contribution in [3.05, 3.63) is 5.82 Å². The number of nitrogens with zero attached hydrogens (tertiary/aromatic N) is 4. The van der Waals surface area contributed by atoms with Crippen LogP contribution in [0.4, 0.5) is 0 Å². The molecule has 0 N–H and O–H groups in total.